The van der Waals surface area contributed by atoms with E-state index in [-0.39, 0.29) is 23.8 Å². The lowest BCUT2D eigenvalue weighted by atomic mass is 9.96. The molecule has 0 bridgehead atoms. The average molecular weight is 265 g/mol. The molecule has 3 amide bonds. The topological polar surface area (TPSA) is 69.7 Å². The molecule has 1 atom stereocenters. The highest BCUT2D eigenvalue weighted by molar-refractivity contribution is 6.02. The van der Waals surface area contributed by atoms with Crippen molar-refractivity contribution in [2.24, 2.45) is 5.92 Å². The molecule has 19 heavy (non-hydrogen) atoms. The molecule has 3 rings (SSSR count). The van der Waals surface area contributed by atoms with Crippen LogP contribution in [-0.4, -0.2) is 59.7 Å². The maximum atomic E-state index is 11.6. The fourth-order valence-electron chi connectivity index (χ4n) is 3.16. The summed E-state index contributed by atoms with van der Waals surface area (Å²) in [5, 5.41) is 2.88. The van der Waals surface area contributed by atoms with E-state index in [1.54, 1.807) is 0 Å². The highest BCUT2D eigenvalue weighted by Gasteiger charge is 2.41. The number of amides is 3. The van der Waals surface area contributed by atoms with Crippen LogP contribution in [-0.2, 0) is 14.4 Å². The largest absolute Gasteiger partial charge is 0.356 e. The van der Waals surface area contributed by atoms with Gasteiger partial charge < -0.3 is 5.32 Å². The maximum absolute atomic E-state index is 11.6. The van der Waals surface area contributed by atoms with E-state index in [0.29, 0.717) is 25.2 Å². The predicted octanol–water partition coefficient (Wildman–Crippen LogP) is -0.654. The molecule has 0 aliphatic carbocycles. The van der Waals surface area contributed by atoms with Crippen molar-refractivity contribution in [2.45, 2.75) is 31.7 Å². The Morgan fingerprint density at radius 2 is 1.74 bits per heavy atom. The van der Waals surface area contributed by atoms with E-state index >= 15 is 0 Å². The first-order chi connectivity index (χ1) is 9.13. The average Bonchev–Trinajstić information content (AvgIpc) is 2.66. The van der Waals surface area contributed by atoms with E-state index in [1.807, 2.05) is 0 Å². The summed E-state index contributed by atoms with van der Waals surface area (Å²) < 4.78 is 0. The van der Waals surface area contributed by atoms with Crippen molar-refractivity contribution in [3.63, 3.8) is 0 Å². The molecule has 1 N–H and O–H groups in total. The van der Waals surface area contributed by atoms with Gasteiger partial charge >= 0.3 is 0 Å². The lowest BCUT2D eigenvalue weighted by molar-refractivity contribution is -0.145. The van der Waals surface area contributed by atoms with Crippen molar-refractivity contribution in [3.05, 3.63) is 0 Å². The first-order valence-electron chi connectivity index (χ1n) is 6.97. The van der Waals surface area contributed by atoms with Crippen molar-refractivity contribution in [2.75, 3.05) is 26.2 Å². The predicted molar refractivity (Wildman–Crippen MR) is 67.0 cm³/mol. The third-order valence-corrected chi connectivity index (χ3v) is 4.28. The molecule has 104 valence electrons. The fraction of sp³-hybridized carbons (Fsp3) is 0.769. The molecule has 0 spiro atoms. The Balaban J connectivity index is 1.44. The highest BCUT2D eigenvalue weighted by atomic mass is 16.2. The fourth-order valence-corrected chi connectivity index (χ4v) is 3.16. The van der Waals surface area contributed by atoms with Crippen LogP contribution in [0.25, 0.3) is 0 Å². The lowest BCUT2D eigenvalue weighted by Gasteiger charge is -2.44. The number of rotatable bonds is 3. The Bertz CT molecular complexity index is 391. The molecule has 6 nitrogen and oxygen atoms in total. The van der Waals surface area contributed by atoms with Gasteiger partial charge in [-0.25, -0.2) is 0 Å². The minimum absolute atomic E-state index is 0.0143. The number of likely N-dealkylation sites (tertiary alicyclic amines) is 2. The number of hydrogen-bond acceptors (Lipinski definition) is 4. The van der Waals surface area contributed by atoms with Crippen molar-refractivity contribution in [3.8, 4) is 0 Å². The summed E-state index contributed by atoms with van der Waals surface area (Å²) in [6, 6.07) is 0.0840. The van der Waals surface area contributed by atoms with Gasteiger partial charge in [0.1, 0.15) is 0 Å². The standard InChI is InChI=1S/C13H19N3O3/c17-11-2-1-9(5-14-11)6-15-7-10(8-15)16-12(18)3-4-13(16)19/h9-10H,1-8H2,(H,14,17). The summed E-state index contributed by atoms with van der Waals surface area (Å²) in [7, 11) is 0. The van der Waals surface area contributed by atoms with Crippen LogP contribution in [0.4, 0.5) is 0 Å². The minimum atomic E-state index is -0.0143. The van der Waals surface area contributed by atoms with Crippen LogP contribution >= 0.6 is 0 Å². The number of hydrogen-bond donors (Lipinski definition) is 1. The molecular weight excluding hydrogens is 246 g/mol. The van der Waals surface area contributed by atoms with Crippen LogP contribution in [0.1, 0.15) is 25.7 Å². The number of carbonyl (C=O) groups is 3. The molecule has 0 aromatic heterocycles. The van der Waals surface area contributed by atoms with Crippen LogP contribution < -0.4 is 5.32 Å². The molecule has 3 saturated heterocycles. The van der Waals surface area contributed by atoms with Crippen molar-refractivity contribution < 1.29 is 14.4 Å². The molecule has 6 heteroatoms. The molecule has 0 aromatic rings. The number of nitrogens with zero attached hydrogens (tertiary/aromatic N) is 2. The zero-order valence-corrected chi connectivity index (χ0v) is 10.9. The van der Waals surface area contributed by atoms with Crippen LogP contribution in [0.3, 0.4) is 0 Å². The zero-order valence-electron chi connectivity index (χ0n) is 10.9. The Morgan fingerprint density at radius 1 is 1.05 bits per heavy atom. The molecule has 3 aliphatic heterocycles. The van der Waals surface area contributed by atoms with Crippen molar-refractivity contribution in [1.29, 1.82) is 0 Å². The number of piperidine rings is 1. The molecular formula is C13H19N3O3. The molecule has 3 aliphatic rings. The Labute approximate surface area is 112 Å². The van der Waals surface area contributed by atoms with E-state index in [0.717, 1.165) is 32.6 Å². The van der Waals surface area contributed by atoms with Crippen LogP contribution in [0.15, 0.2) is 0 Å². The van der Waals surface area contributed by atoms with Crippen molar-refractivity contribution >= 4 is 17.7 Å². The van der Waals surface area contributed by atoms with Crippen LogP contribution in [0.2, 0.25) is 0 Å². The van der Waals surface area contributed by atoms with Gasteiger partial charge in [-0.1, -0.05) is 0 Å². The summed E-state index contributed by atoms with van der Waals surface area (Å²) in [5.74, 6) is 0.619. The summed E-state index contributed by atoms with van der Waals surface area (Å²) >= 11 is 0. The van der Waals surface area contributed by atoms with E-state index in [1.165, 1.54) is 4.90 Å². The minimum Gasteiger partial charge on any atom is -0.356 e. The monoisotopic (exact) mass is 265 g/mol. The normalized spacial score (nSPS) is 29.6. The van der Waals surface area contributed by atoms with Crippen molar-refractivity contribution in [1.82, 2.24) is 15.1 Å². The first-order valence-corrected chi connectivity index (χ1v) is 6.97. The van der Waals surface area contributed by atoms with E-state index in [2.05, 4.69) is 10.2 Å². The van der Waals surface area contributed by atoms with Gasteiger partial charge in [-0.2, -0.15) is 0 Å². The quantitative estimate of drug-likeness (QED) is 0.688. The second-order valence-electron chi connectivity index (χ2n) is 5.74. The Kier molecular flexibility index (Phi) is 3.26. The number of nitrogens with one attached hydrogen (secondary N) is 1. The summed E-state index contributed by atoms with van der Waals surface area (Å²) in [6.07, 6.45) is 2.31. The van der Waals surface area contributed by atoms with Gasteiger partial charge in [-0.3, -0.25) is 24.2 Å². The van der Waals surface area contributed by atoms with Gasteiger partial charge in [0.2, 0.25) is 17.7 Å². The Morgan fingerprint density at radius 3 is 2.32 bits per heavy atom. The molecule has 0 saturated carbocycles. The first kappa shape index (κ1) is 12.6. The molecule has 3 heterocycles. The molecule has 3 fully saturated rings. The van der Waals surface area contributed by atoms with E-state index in [4.69, 9.17) is 0 Å². The maximum Gasteiger partial charge on any atom is 0.230 e. The molecule has 0 radical (unpaired) electrons. The van der Waals surface area contributed by atoms with Gasteiger partial charge in [0.05, 0.1) is 6.04 Å². The highest BCUT2D eigenvalue weighted by Crippen LogP contribution is 2.24. The zero-order chi connectivity index (χ0) is 13.4. The third-order valence-electron chi connectivity index (χ3n) is 4.28. The second-order valence-corrected chi connectivity index (χ2v) is 5.74. The summed E-state index contributed by atoms with van der Waals surface area (Å²) in [6.45, 7) is 3.29. The third kappa shape index (κ3) is 2.49. The van der Waals surface area contributed by atoms with Gasteiger partial charge in [0, 0.05) is 45.4 Å². The molecule has 1 unspecified atom stereocenters. The second kappa shape index (κ2) is 4.92. The van der Waals surface area contributed by atoms with Crippen LogP contribution in [0.5, 0.6) is 0 Å². The number of imide groups is 1. The Hall–Kier alpha value is -1.43. The van der Waals surface area contributed by atoms with Crippen LogP contribution in [0, 0.1) is 5.92 Å². The van der Waals surface area contributed by atoms with E-state index < -0.39 is 0 Å². The van der Waals surface area contributed by atoms with Gasteiger partial charge in [0.15, 0.2) is 0 Å². The van der Waals surface area contributed by atoms with Gasteiger partial charge in [-0.15, -0.1) is 0 Å². The SMILES string of the molecule is O=C1CCC(CN2CC(N3C(=O)CCC3=O)C2)CN1. The van der Waals surface area contributed by atoms with Gasteiger partial charge in [0.25, 0.3) is 0 Å². The number of carbonyl (C=O) groups excluding carboxylic acids is 3. The smallest absolute Gasteiger partial charge is 0.230 e. The van der Waals surface area contributed by atoms with Gasteiger partial charge in [-0.05, 0) is 12.3 Å². The summed E-state index contributed by atoms with van der Waals surface area (Å²) in [5.41, 5.74) is 0. The summed E-state index contributed by atoms with van der Waals surface area (Å²) in [4.78, 5) is 38.0. The van der Waals surface area contributed by atoms with E-state index in [9.17, 15) is 14.4 Å². The lowest BCUT2D eigenvalue weighted by Crippen LogP contribution is -2.61. The molecule has 0 aromatic carbocycles.